The number of aryl methyl sites for hydroxylation is 1. The molecule has 0 bridgehead atoms. The highest BCUT2D eigenvalue weighted by Crippen LogP contribution is 2.24. The average Bonchev–Trinajstić information content (AvgIpc) is 3.02. The molecule has 152 valence electrons. The Kier molecular flexibility index (Phi) is 4.95. The minimum absolute atomic E-state index is 0.141. The van der Waals surface area contributed by atoms with Gasteiger partial charge in [0.2, 0.25) is 0 Å². The van der Waals surface area contributed by atoms with Crippen molar-refractivity contribution in [2.45, 2.75) is 20.4 Å². The highest BCUT2D eigenvalue weighted by Gasteiger charge is 2.21. The number of nitrogens with zero attached hydrogens (tertiary/aromatic N) is 3. The molecule has 0 aliphatic heterocycles. The Morgan fingerprint density at radius 2 is 1.83 bits per heavy atom. The normalized spacial score (nSPS) is 11.1. The van der Waals surface area contributed by atoms with Crippen molar-refractivity contribution in [1.29, 1.82) is 0 Å². The number of aromatic amines is 1. The van der Waals surface area contributed by atoms with Crippen LogP contribution >= 0.6 is 0 Å². The molecule has 1 N–H and O–H groups in total. The molecule has 7 heteroatoms. The first-order valence-corrected chi connectivity index (χ1v) is 9.54. The van der Waals surface area contributed by atoms with E-state index in [4.69, 9.17) is 0 Å². The van der Waals surface area contributed by atoms with Crippen molar-refractivity contribution < 1.29 is 9.18 Å². The van der Waals surface area contributed by atoms with Gasteiger partial charge in [-0.05, 0) is 44.2 Å². The Morgan fingerprint density at radius 1 is 1.13 bits per heavy atom. The molecule has 0 radical (unpaired) electrons. The van der Waals surface area contributed by atoms with Crippen LogP contribution < -0.4 is 5.56 Å². The van der Waals surface area contributed by atoms with Crippen molar-refractivity contribution in [3.8, 4) is 5.69 Å². The maximum atomic E-state index is 14.3. The van der Waals surface area contributed by atoms with Gasteiger partial charge in [0.25, 0.3) is 11.5 Å². The number of fused-ring (bicyclic) bond motifs is 1. The number of H-pyrrole nitrogens is 1. The van der Waals surface area contributed by atoms with E-state index < -0.39 is 0 Å². The van der Waals surface area contributed by atoms with E-state index >= 15 is 0 Å². The molecule has 0 saturated carbocycles. The quantitative estimate of drug-likeness (QED) is 0.563. The zero-order valence-corrected chi connectivity index (χ0v) is 16.9. The molecule has 0 atom stereocenters. The zero-order valence-electron chi connectivity index (χ0n) is 16.9. The van der Waals surface area contributed by atoms with Gasteiger partial charge in [0.05, 0.1) is 28.7 Å². The Balaban J connectivity index is 1.65. The summed E-state index contributed by atoms with van der Waals surface area (Å²) in [5.41, 5.74) is 2.61. The van der Waals surface area contributed by atoms with E-state index in [1.54, 1.807) is 61.0 Å². The molecular formula is C23H21FN4O2. The van der Waals surface area contributed by atoms with E-state index in [-0.39, 0.29) is 23.8 Å². The van der Waals surface area contributed by atoms with Gasteiger partial charge in [-0.25, -0.2) is 9.37 Å². The molecule has 0 aliphatic carbocycles. The molecule has 30 heavy (non-hydrogen) atoms. The molecule has 0 spiro atoms. The summed E-state index contributed by atoms with van der Waals surface area (Å²) in [6, 6.07) is 15.3. The molecule has 0 unspecified atom stereocenters. The Bertz CT molecular complexity index is 1320. The maximum Gasteiger partial charge on any atom is 0.258 e. The van der Waals surface area contributed by atoms with Crippen LogP contribution in [0.25, 0.3) is 16.6 Å². The number of amides is 1. The first-order valence-electron chi connectivity index (χ1n) is 9.54. The number of halogens is 1. The van der Waals surface area contributed by atoms with E-state index in [1.807, 2.05) is 13.0 Å². The molecule has 0 saturated heterocycles. The van der Waals surface area contributed by atoms with Crippen LogP contribution in [0.1, 0.15) is 27.6 Å². The van der Waals surface area contributed by atoms with Crippen LogP contribution in [0.3, 0.4) is 0 Å². The fraction of sp³-hybridized carbons (Fsp3) is 0.174. The van der Waals surface area contributed by atoms with Gasteiger partial charge < -0.3 is 14.5 Å². The van der Waals surface area contributed by atoms with Crippen molar-refractivity contribution in [1.82, 2.24) is 19.4 Å². The third-order valence-corrected chi connectivity index (χ3v) is 5.15. The van der Waals surface area contributed by atoms with Gasteiger partial charge in [-0.3, -0.25) is 9.59 Å². The van der Waals surface area contributed by atoms with E-state index in [9.17, 15) is 14.0 Å². The molecular weight excluding hydrogens is 383 g/mol. The summed E-state index contributed by atoms with van der Waals surface area (Å²) in [4.78, 5) is 34.0. The maximum absolute atomic E-state index is 14.3. The third kappa shape index (κ3) is 3.39. The second kappa shape index (κ2) is 7.59. The second-order valence-corrected chi connectivity index (χ2v) is 7.26. The predicted octanol–water partition coefficient (Wildman–Crippen LogP) is 3.74. The number of benzene rings is 2. The molecule has 0 fully saturated rings. The van der Waals surface area contributed by atoms with Gasteiger partial charge >= 0.3 is 0 Å². The van der Waals surface area contributed by atoms with E-state index in [0.717, 1.165) is 5.69 Å². The number of rotatable bonds is 4. The summed E-state index contributed by atoms with van der Waals surface area (Å²) in [7, 11) is 1.65. The lowest BCUT2D eigenvalue weighted by Crippen LogP contribution is -2.28. The Morgan fingerprint density at radius 3 is 2.60 bits per heavy atom. The van der Waals surface area contributed by atoms with E-state index in [0.29, 0.717) is 33.7 Å². The molecule has 2 aromatic heterocycles. The van der Waals surface area contributed by atoms with Gasteiger partial charge in [0.15, 0.2) is 0 Å². The summed E-state index contributed by atoms with van der Waals surface area (Å²) in [6.07, 6.45) is 0. The van der Waals surface area contributed by atoms with Crippen LogP contribution in [0.4, 0.5) is 4.39 Å². The summed E-state index contributed by atoms with van der Waals surface area (Å²) in [6.45, 7) is 3.76. The third-order valence-electron chi connectivity index (χ3n) is 5.15. The molecule has 4 rings (SSSR count). The summed E-state index contributed by atoms with van der Waals surface area (Å²) in [5, 5.41) is 0.503. The minimum atomic E-state index is -0.357. The summed E-state index contributed by atoms with van der Waals surface area (Å²) >= 11 is 0. The number of carbonyl (C=O) groups excluding carboxylic acids is 1. The Hall–Kier alpha value is -3.74. The van der Waals surface area contributed by atoms with Crippen molar-refractivity contribution in [3.63, 3.8) is 0 Å². The van der Waals surface area contributed by atoms with Crippen LogP contribution in [0.15, 0.2) is 59.4 Å². The van der Waals surface area contributed by atoms with Gasteiger partial charge in [-0.2, -0.15) is 0 Å². The predicted molar refractivity (Wildman–Crippen MR) is 113 cm³/mol. The van der Waals surface area contributed by atoms with Crippen molar-refractivity contribution >= 4 is 16.8 Å². The van der Waals surface area contributed by atoms with E-state index in [1.165, 1.54) is 11.0 Å². The molecule has 1 amide bonds. The van der Waals surface area contributed by atoms with Crippen LogP contribution in [0, 0.1) is 19.7 Å². The number of para-hydroxylation sites is 2. The van der Waals surface area contributed by atoms with Crippen LogP contribution in [-0.4, -0.2) is 32.4 Å². The van der Waals surface area contributed by atoms with Crippen LogP contribution in [0.5, 0.6) is 0 Å². The minimum Gasteiger partial charge on any atom is -0.334 e. The lowest BCUT2D eigenvalue weighted by molar-refractivity contribution is 0.0781. The van der Waals surface area contributed by atoms with Gasteiger partial charge in [0.1, 0.15) is 11.6 Å². The topological polar surface area (TPSA) is 71.0 Å². The standard InChI is InChI=1S/C23H21FN4O2/c1-14-12-17(15(2)28(14)20-11-7-5-9-18(20)24)23(30)27(3)13-21-25-19-10-6-4-8-16(19)22(29)26-21/h4-12H,13H2,1-3H3,(H,25,26,29). The molecule has 2 aromatic carbocycles. The van der Waals surface area contributed by atoms with Gasteiger partial charge in [0, 0.05) is 18.4 Å². The zero-order chi connectivity index (χ0) is 21.4. The van der Waals surface area contributed by atoms with Crippen molar-refractivity contribution in [3.05, 3.63) is 93.5 Å². The molecule has 6 nitrogen and oxygen atoms in total. The Labute approximate surface area is 172 Å². The van der Waals surface area contributed by atoms with Crippen molar-refractivity contribution in [2.24, 2.45) is 0 Å². The molecule has 2 heterocycles. The fourth-order valence-corrected chi connectivity index (χ4v) is 3.69. The average molecular weight is 404 g/mol. The lowest BCUT2D eigenvalue weighted by Gasteiger charge is -2.17. The molecule has 0 aliphatic rings. The SMILES string of the molecule is Cc1cc(C(=O)N(C)Cc2nc3ccccc3c(=O)[nH]2)c(C)n1-c1ccccc1F. The number of carbonyl (C=O) groups is 1. The van der Waals surface area contributed by atoms with E-state index in [2.05, 4.69) is 9.97 Å². The monoisotopic (exact) mass is 404 g/mol. The van der Waals surface area contributed by atoms with Crippen LogP contribution in [-0.2, 0) is 6.54 Å². The number of aromatic nitrogens is 3. The lowest BCUT2D eigenvalue weighted by atomic mass is 10.2. The van der Waals surface area contributed by atoms with Gasteiger partial charge in [-0.15, -0.1) is 0 Å². The first kappa shape index (κ1) is 19.6. The summed E-state index contributed by atoms with van der Waals surface area (Å²) < 4.78 is 16.0. The highest BCUT2D eigenvalue weighted by molar-refractivity contribution is 5.95. The molecule has 4 aromatic rings. The number of hydrogen-bond donors (Lipinski definition) is 1. The summed E-state index contributed by atoms with van der Waals surface area (Å²) in [5.74, 6) is -0.191. The highest BCUT2D eigenvalue weighted by atomic mass is 19.1. The van der Waals surface area contributed by atoms with Crippen molar-refractivity contribution in [2.75, 3.05) is 7.05 Å². The fourth-order valence-electron chi connectivity index (χ4n) is 3.69. The smallest absolute Gasteiger partial charge is 0.258 e. The second-order valence-electron chi connectivity index (χ2n) is 7.26. The number of hydrogen-bond acceptors (Lipinski definition) is 3. The first-order chi connectivity index (χ1) is 14.4. The number of nitrogens with one attached hydrogen (secondary N) is 1. The largest absolute Gasteiger partial charge is 0.334 e. The van der Waals surface area contributed by atoms with Crippen LogP contribution in [0.2, 0.25) is 0 Å². The van der Waals surface area contributed by atoms with Gasteiger partial charge in [-0.1, -0.05) is 24.3 Å².